The highest BCUT2D eigenvalue weighted by Crippen LogP contribution is 2.54. The number of benzene rings is 10. The number of hydrogen-bond acceptors (Lipinski definition) is 2. The Hall–Kier alpha value is -8.40. The van der Waals surface area contributed by atoms with Crippen LogP contribution in [0.3, 0.4) is 0 Å². The molecule has 66 heavy (non-hydrogen) atoms. The van der Waals surface area contributed by atoms with Crippen LogP contribution in [0.15, 0.2) is 235 Å². The van der Waals surface area contributed by atoms with E-state index in [2.05, 4.69) is 242 Å². The molecule has 13 rings (SSSR count). The number of anilines is 3. The Morgan fingerprint density at radius 3 is 1.67 bits per heavy atom. The fourth-order valence-corrected chi connectivity index (χ4v) is 10.8. The monoisotopic (exact) mass is 844 g/mol. The van der Waals surface area contributed by atoms with Gasteiger partial charge in [-0.05, 0) is 99.6 Å². The zero-order chi connectivity index (χ0) is 43.9. The predicted molar refractivity (Wildman–Crippen MR) is 277 cm³/mol. The van der Waals surface area contributed by atoms with Gasteiger partial charge in [0, 0.05) is 55.0 Å². The largest absolute Gasteiger partial charge is 0.455 e. The average Bonchev–Trinajstić information content (AvgIpc) is 4.00. The molecule has 0 radical (unpaired) electrons. The van der Waals surface area contributed by atoms with Crippen molar-refractivity contribution >= 4 is 60.8 Å². The molecule has 0 amide bonds. The molecule has 0 atom stereocenters. The zero-order valence-electron chi connectivity index (χ0n) is 36.7. The minimum Gasteiger partial charge on any atom is -0.455 e. The summed E-state index contributed by atoms with van der Waals surface area (Å²) < 4.78 is 9.01. The van der Waals surface area contributed by atoms with Crippen LogP contribution in [0.2, 0.25) is 0 Å². The lowest BCUT2D eigenvalue weighted by Gasteiger charge is -2.29. The Morgan fingerprint density at radius 2 is 0.939 bits per heavy atom. The van der Waals surface area contributed by atoms with Crippen LogP contribution in [-0.4, -0.2) is 4.57 Å². The van der Waals surface area contributed by atoms with E-state index >= 15 is 0 Å². The van der Waals surface area contributed by atoms with Crippen LogP contribution in [0.25, 0.3) is 93.9 Å². The van der Waals surface area contributed by atoms with E-state index in [9.17, 15) is 0 Å². The topological polar surface area (TPSA) is 21.3 Å². The summed E-state index contributed by atoms with van der Waals surface area (Å²) in [5.74, 6) is 0. The molecule has 0 bridgehead atoms. The van der Waals surface area contributed by atoms with Crippen molar-refractivity contribution in [2.24, 2.45) is 0 Å². The van der Waals surface area contributed by atoms with E-state index in [4.69, 9.17) is 4.42 Å². The summed E-state index contributed by atoms with van der Waals surface area (Å²) in [4.78, 5) is 2.42. The van der Waals surface area contributed by atoms with Gasteiger partial charge in [-0.15, -0.1) is 0 Å². The quantitative estimate of drug-likeness (QED) is 0.159. The molecule has 10 aromatic carbocycles. The van der Waals surface area contributed by atoms with E-state index in [0.29, 0.717) is 0 Å². The second kappa shape index (κ2) is 14.8. The first kappa shape index (κ1) is 38.1. The van der Waals surface area contributed by atoms with Gasteiger partial charge in [-0.2, -0.15) is 0 Å². The van der Waals surface area contributed by atoms with Crippen molar-refractivity contribution in [2.75, 3.05) is 4.90 Å². The third-order valence-corrected chi connectivity index (χ3v) is 14.0. The van der Waals surface area contributed by atoms with Crippen molar-refractivity contribution in [1.82, 2.24) is 4.57 Å². The number of furan rings is 1. The predicted octanol–water partition coefficient (Wildman–Crippen LogP) is 17.5. The van der Waals surface area contributed by atoms with Crippen molar-refractivity contribution < 1.29 is 4.42 Å². The summed E-state index contributed by atoms with van der Waals surface area (Å²) in [6, 6.07) is 83.9. The van der Waals surface area contributed by atoms with E-state index in [1.165, 1.54) is 66.4 Å². The van der Waals surface area contributed by atoms with Gasteiger partial charge >= 0.3 is 0 Å². The summed E-state index contributed by atoms with van der Waals surface area (Å²) in [5, 5.41) is 4.77. The molecule has 0 unspecified atom stereocenters. The average molecular weight is 845 g/mol. The molecule has 0 fully saturated rings. The molecule has 3 nitrogen and oxygen atoms in total. The Kier molecular flexibility index (Phi) is 8.56. The van der Waals surface area contributed by atoms with Crippen molar-refractivity contribution in [3.8, 4) is 50.2 Å². The Morgan fingerprint density at radius 1 is 0.394 bits per heavy atom. The maximum atomic E-state index is 6.51. The van der Waals surface area contributed by atoms with Gasteiger partial charge in [-0.25, -0.2) is 0 Å². The van der Waals surface area contributed by atoms with Crippen molar-refractivity contribution in [3.05, 3.63) is 242 Å². The molecule has 0 saturated carbocycles. The summed E-state index contributed by atoms with van der Waals surface area (Å²) in [6.07, 6.45) is 0. The maximum Gasteiger partial charge on any atom is 0.143 e. The summed E-state index contributed by atoms with van der Waals surface area (Å²) in [6.45, 7) is 4.77. The summed E-state index contributed by atoms with van der Waals surface area (Å²) in [7, 11) is 0. The van der Waals surface area contributed by atoms with E-state index < -0.39 is 0 Å². The van der Waals surface area contributed by atoms with Crippen LogP contribution in [0.1, 0.15) is 25.0 Å². The first-order valence-corrected chi connectivity index (χ1v) is 22.8. The van der Waals surface area contributed by atoms with E-state index in [0.717, 1.165) is 55.7 Å². The highest BCUT2D eigenvalue weighted by molar-refractivity contribution is 6.11. The highest BCUT2D eigenvalue weighted by Gasteiger charge is 2.38. The van der Waals surface area contributed by atoms with Crippen molar-refractivity contribution in [3.63, 3.8) is 0 Å². The van der Waals surface area contributed by atoms with Gasteiger partial charge < -0.3 is 13.9 Å². The first-order chi connectivity index (χ1) is 32.5. The Balaban J connectivity index is 1.02. The minimum atomic E-state index is -0.226. The van der Waals surface area contributed by atoms with Gasteiger partial charge in [0.2, 0.25) is 0 Å². The van der Waals surface area contributed by atoms with E-state index in [1.807, 2.05) is 12.1 Å². The van der Waals surface area contributed by atoms with Crippen LogP contribution in [-0.2, 0) is 5.41 Å². The molecule has 2 heterocycles. The summed E-state index contributed by atoms with van der Waals surface area (Å²) >= 11 is 0. The number of nitrogens with zero attached hydrogens (tertiary/aromatic N) is 2. The van der Waals surface area contributed by atoms with Gasteiger partial charge in [0.25, 0.3) is 0 Å². The van der Waals surface area contributed by atoms with Crippen LogP contribution in [0.4, 0.5) is 17.1 Å². The maximum absolute atomic E-state index is 6.51. The van der Waals surface area contributed by atoms with Gasteiger partial charge in [0.15, 0.2) is 0 Å². The lowest BCUT2D eigenvalue weighted by Crippen LogP contribution is -2.15. The molecule has 3 heteroatoms. The fourth-order valence-electron chi connectivity index (χ4n) is 10.8. The standard InChI is InChI=1S/C63H44N2O/c1-63(2)54-26-11-6-23-53(54)61-55(63)39-44(40-59(61)65-57-28-13-8-20-49(57)50-21-9-14-29-58(50)65)47-19-7-12-27-56(47)64(45-35-31-42(32-36-45)41-17-4-3-5-18-41)46-37-33-43(34-38-46)48-24-16-25-52-51-22-10-15-30-60(51)66-62(48)52/h3-40H,1-2H3. The van der Waals surface area contributed by atoms with Gasteiger partial charge in [0.05, 0.1) is 22.4 Å². The van der Waals surface area contributed by atoms with Gasteiger partial charge in [0.1, 0.15) is 11.2 Å². The lowest BCUT2D eigenvalue weighted by atomic mass is 9.81. The Labute approximate surface area is 384 Å². The molecule has 0 saturated heterocycles. The third-order valence-electron chi connectivity index (χ3n) is 14.0. The number of hydrogen-bond donors (Lipinski definition) is 0. The summed E-state index contributed by atoms with van der Waals surface area (Å²) in [5.41, 5.74) is 20.6. The van der Waals surface area contributed by atoms with Crippen LogP contribution < -0.4 is 4.90 Å². The van der Waals surface area contributed by atoms with Crippen molar-refractivity contribution in [1.29, 1.82) is 0 Å². The second-order valence-electron chi connectivity index (χ2n) is 18.1. The van der Waals surface area contributed by atoms with E-state index in [1.54, 1.807) is 0 Å². The van der Waals surface area contributed by atoms with Crippen LogP contribution >= 0.6 is 0 Å². The molecule has 0 N–H and O–H groups in total. The molecule has 2 aromatic heterocycles. The SMILES string of the molecule is CC1(C)c2ccccc2-c2c(-n3c4ccccc4c4ccccc43)cc(-c3ccccc3N(c3ccc(-c4ccccc4)cc3)c3ccc(-c4cccc5c4oc4ccccc45)cc3)cc21. The molecule has 12 aromatic rings. The van der Waals surface area contributed by atoms with Crippen LogP contribution in [0.5, 0.6) is 0 Å². The van der Waals surface area contributed by atoms with Gasteiger partial charge in [-0.3, -0.25) is 0 Å². The van der Waals surface area contributed by atoms with Crippen LogP contribution in [0, 0.1) is 0 Å². The lowest BCUT2D eigenvalue weighted by molar-refractivity contribution is 0.660. The molecule has 1 aliphatic rings. The Bertz CT molecular complexity index is 3780. The van der Waals surface area contributed by atoms with Crippen molar-refractivity contribution in [2.45, 2.75) is 19.3 Å². The van der Waals surface area contributed by atoms with E-state index in [-0.39, 0.29) is 5.41 Å². The minimum absolute atomic E-state index is 0.226. The molecular weight excluding hydrogens is 801 g/mol. The normalized spacial score (nSPS) is 12.8. The number of para-hydroxylation sites is 5. The highest BCUT2D eigenvalue weighted by atomic mass is 16.3. The smallest absolute Gasteiger partial charge is 0.143 e. The third kappa shape index (κ3) is 5.83. The number of rotatable bonds is 7. The molecule has 0 spiro atoms. The molecule has 1 aliphatic carbocycles. The molecular formula is C63H44N2O. The molecule has 0 aliphatic heterocycles. The van der Waals surface area contributed by atoms with Gasteiger partial charge in [-0.1, -0.05) is 184 Å². The number of aromatic nitrogens is 1. The first-order valence-electron chi connectivity index (χ1n) is 22.8. The fraction of sp³-hybridized carbons (Fsp3) is 0.0476. The molecule has 312 valence electrons. The number of fused-ring (bicyclic) bond motifs is 9. The second-order valence-corrected chi connectivity index (χ2v) is 18.1. The zero-order valence-corrected chi connectivity index (χ0v) is 36.7.